The molecule has 3 heteroatoms. The number of benzene rings is 1. The third-order valence-electron chi connectivity index (χ3n) is 1.60. The van der Waals surface area contributed by atoms with Crippen LogP contribution in [0.2, 0.25) is 0 Å². The quantitative estimate of drug-likeness (QED) is 0.565. The molecule has 3 nitrogen and oxygen atoms in total. The number of para-hydroxylation sites is 1. The Bertz CT molecular complexity index is 311. The molecule has 1 aromatic carbocycles. The summed E-state index contributed by atoms with van der Waals surface area (Å²) < 4.78 is 10.3. The fourth-order valence-corrected chi connectivity index (χ4v) is 0.925. The number of hydrogen-bond acceptors (Lipinski definition) is 3. The SMILES string of the molecule is CC(C)(C)OCC(=O)Oc1ccccc1. The molecule has 0 N–H and O–H groups in total. The van der Waals surface area contributed by atoms with Gasteiger partial charge in [-0.2, -0.15) is 0 Å². The van der Waals surface area contributed by atoms with Crippen LogP contribution in [0.5, 0.6) is 5.75 Å². The van der Waals surface area contributed by atoms with Gasteiger partial charge in [0.1, 0.15) is 12.4 Å². The molecule has 0 fully saturated rings. The minimum atomic E-state index is -0.379. The van der Waals surface area contributed by atoms with E-state index in [0.29, 0.717) is 5.75 Å². The average molecular weight is 208 g/mol. The van der Waals surface area contributed by atoms with Gasteiger partial charge < -0.3 is 9.47 Å². The van der Waals surface area contributed by atoms with Crippen LogP contribution >= 0.6 is 0 Å². The lowest BCUT2D eigenvalue weighted by Crippen LogP contribution is -2.26. The van der Waals surface area contributed by atoms with Gasteiger partial charge in [-0.1, -0.05) is 18.2 Å². The van der Waals surface area contributed by atoms with Crippen LogP contribution in [0.15, 0.2) is 30.3 Å². The highest BCUT2D eigenvalue weighted by atomic mass is 16.6. The van der Waals surface area contributed by atoms with Crippen molar-refractivity contribution in [2.24, 2.45) is 0 Å². The summed E-state index contributed by atoms with van der Waals surface area (Å²) >= 11 is 0. The molecule has 0 aromatic heterocycles. The van der Waals surface area contributed by atoms with Crippen LogP contribution in [-0.4, -0.2) is 18.2 Å². The fraction of sp³-hybridized carbons (Fsp3) is 0.417. The van der Waals surface area contributed by atoms with Gasteiger partial charge in [-0.05, 0) is 32.9 Å². The molecule has 82 valence electrons. The topological polar surface area (TPSA) is 35.5 Å². The van der Waals surface area contributed by atoms with Crippen molar-refractivity contribution in [3.8, 4) is 5.75 Å². The monoisotopic (exact) mass is 208 g/mol. The minimum absolute atomic E-state index is 0.0294. The highest BCUT2D eigenvalue weighted by molar-refractivity contribution is 5.73. The summed E-state index contributed by atoms with van der Waals surface area (Å²) in [6, 6.07) is 8.95. The molecule has 0 atom stereocenters. The van der Waals surface area contributed by atoms with Crippen molar-refractivity contribution in [3.63, 3.8) is 0 Å². The third-order valence-corrected chi connectivity index (χ3v) is 1.60. The molecule has 0 bridgehead atoms. The maximum atomic E-state index is 11.3. The van der Waals surface area contributed by atoms with E-state index in [9.17, 15) is 4.79 Å². The maximum absolute atomic E-state index is 11.3. The first-order valence-electron chi connectivity index (χ1n) is 4.87. The smallest absolute Gasteiger partial charge is 0.337 e. The van der Waals surface area contributed by atoms with Gasteiger partial charge in [0.25, 0.3) is 0 Å². The van der Waals surface area contributed by atoms with Gasteiger partial charge in [-0.3, -0.25) is 0 Å². The number of esters is 1. The molecule has 0 aliphatic carbocycles. The first kappa shape index (κ1) is 11.7. The molecule has 0 radical (unpaired) electrons. The Hall–Kier alpha value is -1.35. The maximum Gasteiger partial charge on any atom is 0.337 e. The van der Waals surface area contributed by atoms with E-state index in [1.165, 1.54) is 0 Å². The van der Waals surface area contributed by atoms with Gasteiger partial charge >= 0.3 is 5.97 Å². The Kier molecular flexibility index (Phi) is 3.86. The Labute approximate surface area is 90.0 Å². The van der Waals surface area contributed by atoms with E-state index in [0.717, 1.165) is 0 Å². The zero-order chi connectivity index (χ0) is 11.3. The van der Waals surface area contributed by atoms with E-state index in [-0.39, 0.29) is 18.2 Å². The van der Waals surface area contributed by atoms with Crippen LogP contribution in [0, 0.1) is 0 Å². The summed E-state index contributed by atoms with van der Waals surface area (Å²) in [5.41, 5.74) is -0.324. The van der Waals surface area contributed by atoms with Crippen molar-refractivity contribution in [3.05, 3.63) is 30.3 Å². The predicted molar refractivity (Wildman–Crippen MR) is 57.8 cm³/mol. The molecule has 0 aliphatic heterocycles. The molecular formula is C12H16O3. The van der Waals surface area contributed by atoms with Crippen molar-refractivity contribution < 1.29 is 14.3 Å². The Morgan fingerprint density at radius 1 is 1.20 bits per heavy atom. The average Bonchev–Trinajstić information content (AvgIpc) is 2.15. The van der Waals surface area contributed by atoms with Gasteiger partial charge in [0.05, 0.1) is 5.60 Å². The summed E-state index contributed by atoms with van der Waals surface area (Å²) in [5.74, 6) is 0.163. The van der Waals surface area contributed by atoms with E-state index >= 15 is 0 Å². The van der Waals surface area contributed by atoms with Crippen LogP contribution < -0.4 is 4.74 Å². The number of carbonyl (C=O) groups is 1. The molecular weight excluding hydrogens is 192 g/mol. The Morgan fingerprint density at radius 3 is 2.33 bits per heavy atom. The largest absolute Gasteiger partial charge is 0.425 e. The van der Waals surface area contributed by atoms with Crippen LogP contribution in [0.3, 0.4) is 0 Å². The molecule has 0 aliphatic rings. The van der Waals surface area contributed by atoms with Crippen molar-refractivity contribution in [2.75, 3.05) is 6.61 Å². The van der Waals surface area contributed by atoms with E-state index in [1.54, 1.807) is 12.1 Å². The summed E-state index contributed by atoms with van der Waals surface area (Å²) in [4.78, 5) is 11.3. The van der Waals surface area contributed by atoms with Gasteiger partial charge in [0, 0.05) is 0 Å². The molecule has 0 heterocycles. The fourth-order valence-electron chi connectivity index (χ4n) is 0.925. The summed E-state index contributed by atoms with van der Waals surface area (Å²) in [5, 5.41) is 0. The number of ether oxygens (including phenoxy) is 2. The lowest BCUT2D eigenvalue weighted by atomic mass is 10.2. The van der Waals surface area contributed by atoms with Gasteiger partial charge in [-0.25, -0.2) is 4.79 Å². The van der Waals surface area contributed by atoms with Crippen molar-refractivity contribution in [1.82, 2.24) is 0 Å². The Balaban J connectivity index is 2.38. The normalized spacial score (nSPS) is 11.1. The van der Waals surface area contributed by atoms with E-state index in [4.69, 9.17) is 9.47 Å². The van der Waals surface area contributed by atoms with E-state index in [1.807, 2.05) is 39.0 Å². The number of rotatable bonds is 3. The summed E-state index contributed by atoms with van der Waals surface area (Å²) in [7, 11) is 0. The summed E-state index contributed by atoms with van der Waals surface area (Å²) in [6.07, 6.45) is 0. The molecule has 1 aromatic rings. The highest BCUT2D eigenvalue weighted by Gasteiger charge is 2.13. The molecule has 0 spiro atoms. The summed E-state index contributed by atoms with van der Waals surface area (Å²) in [6.45, 7) is 5.65. The standard InChI is InChI=1S/C12H16O3/c1-12(2,3)14-9-11(13)15-10-7-5-4-6-8-10/h4-8H,9H2,1-3H3. The highest BCUT2D eigenvalue weighted by Crippen LogP contribution is 2.10. The van der Waals surface area contributed by atoms with Crippen LogP contribution in [0.1, 0.15) is 20.8 Å². The Morgan fingerprint density at radius 2 is 1.80 bits per heavy atom. The first-order chi connectivity index (χ1) is 6.97. The third kappa shape index (κ3) is 5.18. The molecule has 0 unspecified atom stereocenters. The molecule has 0 saturated carbocycles. The molecule has 1 rings (SSSR count). The van der Waals surface area contributed by atoms with E-state index in [2.05, 4.69) is 0 Å². The number of carbonyl (C=O) groups excluding carboxylic acids is 1. The lowest BCUT2D eigenvalue weighted by molar-refractivity contribution is -0.144. The van der Waals surface area contributed by atoms with Crippen molar-refractivity contribution >= 4 is 5.97 Å². The van der Waals surface area contributed by atoms with E-state index < -0.39 is 0 Å². The van der Waals surface area contributed by atoms with Crippen molar-refractivity contribution in [2.45, 2.75) is 26.4 Å². The van der Waals surface area contributed by atoms with Crippen molar-refractivity contribution in [1.29, 1.82) is 0 Å². The molecule has 0 amide bonds. The minimum Gasteiger partial charge on any atom is -0.425 e. The van der Waals surface area contributed by atoms with Gasteiger partial charge in [-0.15, -0.1) is 0 Å². The second-order valence-electron chi connectivity index (χ2n) is 4.19. The number of hydrogen-bond donors (Lipinski definition) is 0. The molecule has 0 saturated heterocycles. The van der Waals surface area contributed by atoms with Gasteiger partial charge in [0.15, 0.2) is 0 Å². The zero-order valence-electron chi connectivity index (χ0n) is 9.32. The zero-order valence-corrected chi connectivity index (χ0v) is 9.32. The van der Waals surface area contributed by atoms with Gasteiger partial charge in [0.2, 0.25) is 0 Å². The second-order valence-corrected chi connectivity index (χ2v) is 4.19. The molecule has 15 heavy (non-hydrogen) atoms. The first-order valence-corrected chi connectivity index (χ1v) is 4.87. The second kappa shape index (κ2) is 4.94. The van der Waals surface area contributed by atoms with Crippen LogP contribution in [-0.2, 0) is 9.53 Å². The lowest BCUT2D eigenvalue weighted by Gasteiger charge is -2.18. The predicted octanol–water partition coefficient (Wildman–Crippen LogP) is 2.41. The van der Waals surface area contributed by atoms with Crippen LogP contribution in [0.4, 0.5) is 0 Å². The van der Waals surface area contributed by atoms with Crippen LogP contribution in [0.25, 0.3) is 0 Å².